The van der Waals surface area contributed by atoms with E-state index in [0.29, 0.717) is 6.54 Å². The van der Waals surface area contributed by atoms with E-state index in [0.717, 1.165) is 28.7 Å². The third-order valence-corrected chi connectivity index (χ3v) is 2.61. The lowest BCUT2D eigenvalue weighted by Gasteiger charge is -1.89. The van der Waals surface area contributed by atoms with Gasteiger partial charge in [0.2, 0.25) is 0 Å². The molecule has 5 nitrogen and oxygen atoms in total. The molecule has 0 saturated heterocycles. The molecule has 2 aromatic rings. The predicted molar refractivity (Wildman–Crippen MR) is 56.5 cm³/mol. The lowest BCUT2D eigenvalue weighted by atomic mass is 10.4. The van der Waals surface area contributed by atoms with Gasteiger partial charge in [-0.2, -0.15) is 4.63 Å². The molecule has 0 saturated carbocycles. The number of nitrogens with two attached hydrogens (primary N) is 1. The van der Waals surface area contributed by atoms with Crippen LogP contribution in [0.2, 0.25) is 0 Å². The first kappa shape index (κ1) is 9.54. The molecule has 76 valence electrons. The Kier molecular flexibility index (Phi) is 2.74. The summed E-state index contributed by atoms with van der Waals surface area (Å²) in [6, 6.07) is 1.98. The van der Waals surface area contributed by atoms with Crippen LogP contribution in [0.4, 0.5) is 0 Å². The van der Waals surface area contributed by atoms with Crippen molar-refractivity contribution in [3.05, 3.63) is 11.9 Å². The molecule has 2 heterocycles. The molecule has 0 bridgehead atoms. The van der Waals surface area contributed by atoms with E-state index >= 15 is 0 Å². The number of rotatable bonds is 4. The summed E-state index contributed by atoms with van der Waals surface area (Å²) in [5.41, 5.74) is 6.30. The third-order valence-electron chi connectivity index (χ3n) is 1.83. The number of aromatic amines is 1. The van der Waals surface area contributed by atoms with Crippen LogP contribution in [0.1, 0.15) is 12.7 Å². The fraction of sp³-hybridized carbons (Fsp3) is 0.500. The van der Waals surface area contributed by atoms with Crippen molar-refractivity contribution in [2.45, 2.75) is 18.4 Å². The second-order valence-corrected chi connectivity index (χ2v) is 4.18. The highest BCUT2D eigenvalue weighted by atomic mass is 32.2. The highest BCUT2D eigenvalue weighted by molar-refractivity contribution is 7.99. The highest BCUT2D eigenvalue weighted by Crippen LogP contribution is 2.16. The van der Waals surface area contributed by atoms with Gasteiger partial charge in [0.15, 0.2) is 5.65 Å². The van der Waals surface area contributed by atoms with Crippen molar-refractivity contribution >= 4 is 17.4 Å². The lowest BCUT2D eigenvalue weighted by Crippen LogP contribution is -2.04. The van der Waals surface area contributed by atoms with E-state index in [4.69, 9.17) is 5.73 Å². The second kappa shape index (κ2) is 4.02. The van der Waals surface area contributed by atoms with Gasteiger partial charge >= 0.3 is 0 Å². The van der Waals surface area contributed by atoms with Crippen LogP contribution in [0.25, 0.3) is 5.65 Å². The van der Waals surface area contributed by atoms with Crippen LogP contribution in [0.15, 0.2) is 11.1 Å². The first-order valence-electron chi connectivity index (χ1n) is 4.61. The maximum atomic E-state index is 5.43. The summed E-state index contributed by atoms with van der Waals surface area (Å²) in [4.78, 5) is 4.36. The lowest BCUT2D eigenvalue weighted by molar-refractivity contribution is 0.751. The average Bonchev–Trinajstić information content (AvgIpc) is 2.62. The number of aromatic nitrogens is 4. The van der Waals surface area contributed by atoms with E-state index in [1.807, 2.05) is 6.07 Å². The van der Waals surface area contributed by atoms with E-state index in [1.165, 1.54) is 0 Å². The molecule has 2 aromatic heterocycles. The summed E-state index contributed by atoms with van der Waals surface area (Å²) < 4.78 is 1.70. The molecule has 0 fully saturated rings. The van der Waals surface area contributed by atoms with Gasteiger partial charge in [0.1, 0.15) is 10.9 Å². The monoisotopic (exact) mass is 211 g/mol. The van der Waals surface area contributed by atoms with Gasteiger partial charge in [-0.05, 0) is 12.3 Å². The molecular weight excluding hydrogens is 198 g/mol. The van der Waals surface area contributed by atoms with Gasteiger partial charge < -0.3 is 5.73 Å². The van der Waals surface area contributed by atoms with Crippen molar-refractivity contribution in [2.24, 2.45) is 5.73 Å². The highest BCUT2D eigenvalue weighted by Gasteiger charge is 2.05. The van der Waals surface area contributed by atoms with Gasteiger partial charge in [-0.15, -0.1) is 16.9 Å². The van der Waals surface area contributed by atoms with E-state index in [-0.39, 0.29) is 0 Å². The predicted octanol–water partition coefficient (Wildman–Crippen LogP) is 0.671. The molecule has 0 unspecified atom stereocenters. The van der Waals surface area contributed by atoms with E-state index in [2.05, 4.69) is 22.1 Å². The van der Waals surface area contributed by atoms with Gasteiger partial charge in [-0.1, -0.05) is 6.92 Å². The Morgan fingerprint density at radius 1 is 1.64 bits per heavy atom. The Bertz CT molecular complexity index is 351. The standard InChI is InChI=1S/C8H13N5S/c1-2-14-8-5-7-10-6(3-4-9)11-13(7)12-8/h5H,2-4,9H2,1H3,(H,10,11). The first-order chi connectivity index (χ1) is 6.83. The second-order valence-electron chi connectivity index (χ2n) is 2.89. The van der Waals surface area contributed by atoms with Crippen molar-refractivity contribution in [3.63, 3.8) is 0 Å². The molecule has 0 spiro atoms. The molecule has 14 heavy (non-hydrogen) atoms. The van der Waals surface area contributed by atoms with Crippen LogP contribution in [0, 0.1) is 0 Å². The quantitative estimate of drug-likeness (QED) is 0.729. The molecule has 0 aliphatic heterocycles. The summed E-state index contributed by atoms with van der Waals surface area (Å²) >= 11 is 1.71. The van der Waals surface area contributed by atoms with Gasteiger partial charge in [0.05, 0.1) is 0 Å². The van der Waals surface area contributed by atoms with Gasteiger partial charge in [-0.25, -0.2) is 4.98 Å². The maximum absolute atomic E-state index is 5.43. The average molecular weight is 211 g/mol. The van der Waals surface area contributed by atoms with E-state index < -0.39 is 0 Å². The first-order valence-corrected chi connectivity index (χ1v) is 5.59. The zero-order chi connectivity index (χ0) is 9.97. The van der Waals surface area contributed by atoms with Crippen molar-refractivity contribution in [1.82, 2.24) is 19.8 Å². The number of thioether (sulfide) groups is 1. The zero-order valence-corrected chi connectivity index (χ0v) is 8.84. The van der Waals surface area contributed by atoms with E-state index in [1.54, 1.807) is 16.4 Å². The largest absolute Gasteiger partial charge is 0.330 e. The van der Waals surface area contributed by atoms with Crippen LogP contribution in [0.5, 0.6) is 0 Å². The van der Waals surface area contributed by atoms with Crippen LogP contribution in [0.3, 0.4) is 0 Å². The van der Waals surface area contributed by atoms with Crippen molar-refractivity contribution < 1.29 is 0 Å². The number of hydrogen-bond donors (Lipinski definition) is 2. The Hall–Kier alpha value is -1.01. The minimum Gasteiger partial charge on any atom is -0.330 e. The molecule has 2 rings (SSSR count). The molecule has 0 aromatic carbocycles. The number of H-pyrrole nitrogens is 1. The number of nitrogens with zero attached hydrogens (tertiary/aromatic N) is 3. The Morgan fingerprint density at radius 2 is 2.50 bits per heavy atom. The molecule has 0 radical (unpaired) electrons. The number of fused-ring (bicyclic) bond motifs is 1. The van der Waals surface area contributed by atoms with Crippen molar-refractivity contribution in [1.29, 1.82) is 0 Å². The fourth-order valence-electron chi connectivity index (χ4n) is 1.26. The summed E-state index contributed by atoms with van der Waals surface area (Å²) in [7, 11) is 0. The molecular formula is C8H13N5S. The van der Waals surface area contributed by atoms with Crippen molar-refractivity contribution in [2.75, 3.05) is 12.3 Å². The molecule has 0 amide bonds. The van der Waals surface area contributed by atoms with Gasteiger partial charge in [-0.3, -0.25) is 5.10 Å². The zero-order valence-electron chi connectivity index (χ0n) is 8.03. The van der Waals surface area contributed by atoms with Crippen LogP contribution >= 0.6 is 11.8 Å². The molecule has 0 atom stereocenters. The Morgan fingerprint density at radius 3 is 3.14 bits per heavy atom. The SMILES string of the molecule is CCSc1cc2nc(CCN)[nH]n2n1. The molecule has 0 aliphatic carbocycles. The Balaban J connectivity index is 2.26. The molecule has 0 aliphatic rings. The number of nitrogens with one attached hydrogen (secondary N) is 1. The number of hydrogen-bond acceptors (Lipinski definition) is 4. The summed E-state index contributed by atoms with van der Waals surface area (Å²) in [5, 5.41) is 8.41. The fourth-order valence-corrected chi connectivity index (χ4v) is 1.89. The molecule has 3 N–H and O–H groups in total. The smallest absolute Gasteiger partial charge is 0.176 e. The third kappa shape index (κ3) is 1.76. The minimum atomic E-state index is 0.604. The normalized spacial score (nSPS) is 11.3. The maximum Gasteiger partial charge on any atom is 0.176 e. The van der Waals surface area contributed by atoms with Gasteiger partial charge in [0.25, 0.3) is 0 Å². The summed E-state index contributed by atoms with van der Waals surface area (Å²) in [6.45, 7) is 2.71. The van der Waals surface area contributed by atoms with Gasteiger partial charge in [0, 0.05) is 12.5 Å². The van der Waals surface area contributed by atoms with Crippen molar-refractivity contribution in [3.8, 4) is 0 Å². The van der Waals surface area contributed by atoms with Crippen LogP contribution in [-0.4, -0.2) is 32.1 Å². The minimum absolute atomic E-state index is 0.604. The van der Waals surface area contributed by atoms with Crippen LogP contribution in [-0.2, 0) is 6.42 Å². The topological polar surface area (TPSA) is 72.0 Å². The summed E-state index contributed by atoms with van der Waals surface area (Å²) in [6.07, 6.45) is 0.764. The Labute approximate surface area is 86.1 Å². The van der Waals surface area contributed by atoms with E-state index in [9.17, 15) is 0 Å². The van der Waals surface area contributed by atoms with Crippen LogP contribution < -0.4 is 5.73 Å². The molecule has 6 heteroatoms. The summed E-state index contributed by atoms with van der Waals surface area (Å²) in [5.74, 6) is 1.92.